The maximum absolute atomic E-state index is 14.4. The molecule has 2 heterocycles. The summed E-state index contributed by atoms with van der Waals surface area (Å²) in [6.45, 7) is 1.81. The van der Waals surface area contributed by atoms with Crippen molar-refractivity contribution in [3.05, 3.63) is 94.3 Å². The van der Waals surface area contributed by atoms with Gasteiger partial charge in [-0.2, -0.15) is 0 Å². The zero-order valence-electron chi connectivity index (χ0n) is 18.9. The molecule has 1 aliphatic heterocycles. The second-order valence-corrected chi connectivity index (χ2v) is 9.17. The van der Waals surface area contributed by atoms with E-state index in [1.54, 1.807) is 31.2 Å². The van der Waals surface area contributed by atoms with Crippen LogP contribution in [0.1, 0.15) is 22.7 Å². The summed E-state index contributed by atoms with van der Waals surface area (Å²) in [6, 6.07) is 10.9. The quantitative estimate of drug-likeness (QED) is 0.218. The van der Waals surface area contributed by atoms with Gasteiger partial charge in [-0.05, 0) is 36.8 Å². The van der Waals surface area contributed by atoms with Gasteiger partial charge in [-0.1, -0.05) is 41.2 Å². The topological polar surface area (TPSA) is 79.7 Å². The highest BCUT2D eigenvalue weighted by Gasteiger charge is 2.48. The number of aromatic nitrogens is 1. The van der Waals surface area contributed by atoms with E-state index in [2.05, 4.69) is 4.98 Å². The molecule has 1 N–H and O–H groups in total. The maximum Gasteiger partial charge on any atom is 0.301 e. The van der Waals surface area contributed by atoms with Crippen molar-refractivity contribution in [1.82, 2.24) is 4.98 Å². The highest BCUT2D eigenvalue weighted by molar-refractivity contribution is 7.22. The number of fused-ring (bicyclic) bond motifs is 1. The fraction of sp³-hybridized carbons (Fsp3) is 0.115. The minimum atomic E-state index is -1.17. The van der Waals surface area contributed by atoms with E-state index in [9.17, 15) is 27.9 Å². The summed E-state index contributed by atoms with van der Waals surface area (Å²) < 4.78 is 47.6. The molecule has 182 valence electrons. The van der Waals surface area contributed by atoms with Gasteiger partial charge >= 0.3 is 5.91 Å². The Bertz CT molecular complexity index is 1600. The molecule has 1 unspecified atom stereocenters. The minimum absolute atomic E-state index is 0.0617. The molecule has 0 aliphatic carbocycles. The first-order valence-corrected chi connectivity index (χ1v) is 11.5. The summed E-state index contributed by atoms with van der Waals surface area (Å²) in [7, 11) is 1.31. The molecule has 0 spiro atoms. The number of ether oxygens (including phenoxy) is 1. The number of halogens is 3. The summed E-state index contributed by atoms with van der Waals surface area (Å²) >= 11 is 0.824. The van der Waals surface area contributed by atoms with Gasteiger partial charge < -0.3 is 9.84 Å². The van der Waals surface area contributed by atoms with Crippen molar-refractivity contribution in [3.63, 3.8) is 0 Å². The Morgan fingerprint density at radius 2 is 1.83 bits per heavy atom. The summed E-state index contributed by atoms with van der Waals surface area (Å²) in [5.41, 5.74) is 0.662. The average molecular weight is 510 g/mol. The third-order valence-corrected chi connectivity index (χ3v) is 6.83. The number of aryl methyl sites for hydroxylation is 1. The Hall–Kier alpha value is -4.18. The SMILES string of the molecule is COc1ccc(F)cc1/C(O)=C1\C(=O)C(=O)N(c2nc3c(F)cc(F)cc3s2)C1c1cccc(C)c1. The molecule has 0 bridgehead atoms. The van der Waals surface area contributed by atoms with Crippen LogP contribution < -0.4 is 9.64 Å². The fourth-order valence-corrected chi connectivity index (χ4v) is 5.28. The predicted octanol–water partition coefficient (Wildman–Crippen LogP) is 5.66. The highest BCUT2D eigenvalue weighted by atomic mass is 32.1. The van der Waals surface area contributed by atoms with Gasteiger partial charge in [-0.15, -0.1) is 0 Å². The molecule has 3 aromatic carbocycles. The first kappa shape index (κ1) is 23.6. The summed E-state index contributed by atoms with van der Waals surface area (Å²) in [4.78, 5) is 31.8. The molecule has 4 aromatic rings. The van der Waals surface area contributed by atoms with Gasteiger partial charge in [0, 0.05) is 6.07 Å². The number of aliphatic hydroxyl groups is 1. The predicted molar refractivity (Wildman–Crippen MR) is 128 cm³/mol. The van der Waals surface area contributed by atoms with E-state index in [0.717, 1.165) is 40.0 Å². The van der Waals surface area contributed by atoms with Gasteiger partial charge in [0.05, 0.1) is 29.0 Å². The van der Waals surface area contributed by atoms with Crippen LogP contribution in [0.2, 0.25) is 0 Å². The zero-order chi connectivity index (χ0) is 25.7. The van der Waals surface area contributed by atoms with Crippen molar-refractivity contribution in [2.45, 2.75) is 13.0 Å². The molecule has 1 atom stereocenters. The molecule has 1 saturated heterocycles. The largest absolute Gasteiger partial charge is 0.507 e. The van der Waals surface area contributed by atoms with E-state index >= 15 is 0 Å². The van der Waals surface area contributed by atoms with Crippen LogP contribution in [0.25, 0.3) is 16.0 Å². The van der Waals surface area contributed by atoms with Crippen LogP contribution in [0.5, 0.6) is 5.75 Å². The maximum atomic E-state index is 14.4. The molecular formula is C26H17F3N2O4S. The number of anilines is 1. The molecule has 1 fully saturated rings. The number of nitrogens with zero attached hydrogens (tertiary/aromatic N) is 2. The van der Waals surface area contributed by atoms with Crippen molar-refractivity contribution < 1.29 is 32.6 Å². The van der Waals surface area contributed by atoms with E-state index in [1.165, 1.54) is 13.2 Å². The lowest BCUT2D eigenvalue weighted by molar-refractivity contribution is -0.132. The van der Waals surface area contributed by atoms with Crippen LogP contribution in [0, 0.1) is 24.4 Å². The van der Waals surface area contributed by atoms with E-state index < -0.39 is 40.9 Å². The molecule has 0 saturated carbocycles. The van der Waals surface area contributed by atoms with Gasteiger partial charge in [0.2, 0.25) is 0 Å². The van der Waals surface area contributed by atoms with Crippen LogP contribution in [0.15, 0.2) is 60.2 Å². The Balaban J connectivity index is 1.78. The number of hydrogen-bond acceptors (Lipinski definition) is 6. The molecule has 10 heteroatoms. The van der Waals surface area contributed by atoms with Gasteiger partial charge in [0.25, 0.3) is 5.78 Å². The van der Waals surface area contributed by atoms with Crippen molar-refractivity contribution in [1.29, 1.82) is 0 Å². The van der Waals surface area contributed by atoms with E-state index in [1.807, 2.05) is 0 Å². The van der Waals surface area contributed by atoms with Crippen molar-refractivity contribution in [2.75, 3.05) is 12.0 Å². The smallest absolute Gasteiger partial charge is 0.301 e. The molecule has 5 rings (SSSR count). The number of ketones is 1. The van der Waals surface area contributed by atoms with E-state index in [4.69, 9.17) is 4.74 Å². The normalized spacial score (nSPS) is 17.2. The standard InChI is InChI=1S/C26H17F3N2O4S/c1-12-4-3-5-13(8-12)22-20(23(32)16-9-14(27)6-7-18(16)35-2)24(33)25(34)31(22)26-30-21-17(29)10-15(28)11-19(21)36-26/h3-11,22,32H,1-2H3/b23-20+. The lowest BCUT2D eigenvalue weighted by Gasteiger charge is -2.23. The number of thiazole rings is 1. The van der Waals surface area contributed by atoms with Crippen LogP contribution in [-0.4, -0.2) is 28.9 Å². The highest BCUT2D eigenvalue weighted by Crippen LogP contribution is 2.45. The average Bonchev–Trinajstić information content (AvgIpc) is 3.37. The zero-order valence-corrected chi connectivity index (χ0v) is 19.7. The Labute approximate surface area is 206 Å². The van der Waals surface area contributed by atoms with Crippen LogP contribution >= 0.6 is 11.3 Å². The first-order chi connectivity index (χ1) is 17.2. The molecule has 36 heavy (non-hydrogen) atoms. The number of carbonyl (C=O) groups is 2. The summed E-state index contributed by atoms with van der Waals surface area (Å²) in [5.74, 6) is -5.05. The van der Waals surface area contributed by atoms with Crippen molar-refractivity contribution >= 4 is 44.1 Å². The molecular weight excluding hydrogens is 493 g/mol. The molecule has 1 amide bonds. The number of carbonyl (C=O) groups excluding carboxylic acids is 2. The Kier molecular flexibility index (Phi) is 5.76. The van der Waals surface area contributed by atoms with Crippen LogP contribution in [0.4, 0.5) is 18.3 Å². The van der Waals surface area contributed by atoms with Crippen molar-refractivity contribution in [3.8, 4) is 5.75 Å². The second-order valence-electron chi connectivity index (χ2n) is 8.16. The number of rotatable bonds is 4. The molecule has 1 aliphatic rings. The number of Topliss-reactive ketones (excluding diaryl/α,β-unsaturated/α-hetero) is 1. The fourth-order valence-electron chi connectivity index (χ4n) is 4.24. The molecule has 0 radical (unpaired) electrons. The minimum Gasteiger partial charge on any atom is -0.507 e. The van der Waals surface area contributed by atoms with Crippen LogP contribution in [-0.2, 0) is 9.59 Å². The monoisotopic (exact) mass is 510 g/mol. The number of amides is 1. The Morgan fingerprint density at radius 3 is 2.56 bits per heavy atom. The number of hydrogen-bond donors (Lipinski definition) is 1. The number of methoxy groups -OCH3 is 1. The van der Waals surface area contributed by atoms with Gasteiger partial charge in [-0.3, -0.25) is 14.5 Å². The lowest BCUT2D eigenvalue weighted by atomic mass is 9.94. The summed E-state index contributed by atoms with van der Waals surface area (Å²) in [5, 5.41) is 11.2. The molecule has 1 aromatic heterocycles. The van der Waals surface area contributed by atoms with E-state index in [0.29, 0.717) is 11.6 Å². The second kappa shape index (κ2) is 8.80. The van der Waals surface area contributed by atoms with Gasteiger partial charge in [-0.25, -0.2) is 18.2 Å². The third-order valence-electron chi connectivity index (χ3n) is 5.83. The number of benzene rings is 3. The van der Waals surface area contributed by atoms with Gasteiger partial charge in [0.15, 0.2) is 10.9 Å². The summed E-state index contributed by atoms with van der Waals surface area (Å²) in [6.07, 6.45) is 0. The first-order valence-electron chi connectivity index (χ1n) is 10.7. The number of aliphatic hydroxyl groups excluding tert-OH is 1. The molecule has 6 nitrogen and oxygen atoms in total. The van der Waals surface area contributed by atoms with E-state index in [-0.39, 0.29) is 32.2 Å². The van der Waals surface area contributed by atoms with Gasteiger partial charge in [0.1, 0.15) is 28.7 Å². The third kappa shape index (κ3) is 3.79. The van der Waals surface area contributed by atoms with Crippen LogP contribution in [0.3, 0.4) is 0 Å². The Morgan fingerprint density at radius 1 is 1.06 bits per heavy atom. The lowest BCUT2D eigenvalue weighted by Crippen LogP contribution is -2.29. The van der Waals surface area contributed by atoms with Crippen molar-refractivity contribution in [2.24, 2.45) is 0 Å².